The first kappa shape index (κ1) is 31.3. The van der Waals surface area contributed by atoms with Gasteiger partial charge in [0, 0.05) is 37.9 Å². The van der Waals surface area contributed by atoms with E-state index in [1.807, 2.05) is 0 Å². The fourth-order valence-corrected chi connectivity index (χ4v) is 6.15. The molecule has 5 N–H and O–H groups in total. The van der Waals surface area contributed by atoms with E-state index in [0.717, 1.165) is 23.6 Å². The van der Waals surface area contributed by atoms with Crippen molar-refractivity contribution in [2.75, 3.05) is 32.0 Å². The molecule has 1 unspecified atom stereocenters. The number of hydrogen-bond donors (Lipinski definition) is 5. The number of phenolic OH excluding ortho intramolecular Hbond substituents is 1. The normalized spacial score (nSPS) is 22.4. The molecule has 43 heavy (non-hydrogen) atoms. The van der Waals surface area contributed by atoms with Gasteiger partial charge in [0.25, 0.3) is 5.91 Å². The van der Waals surface area contributed by atoms with Crippen molar-refractivity contribution >= 4 is 53.4 Å². The summed E-state index contributed by atoms with van der Waals surface area (Å²) in [5, 5.41) is 35.1. The van der Waals surface area contributed by atoms with Crippen molar-refractivity contribution < 1.29 is 48.5 Å². The lowest BCUT2D eigenvalue weighted by Gasteiger charge is -2.58. The number of aliphatic carboxylic acids is 1. The quantitative estimate of drug-likeness (QED) is 0.0700. The Hall–Kier alpha value is -4.68. The number of likely N-dealkylation sites (N-methyl/N-ethyl adjacent to an activating group) is 1. The Labute approximate surface area is 247 Å². The van der Waals surface area contributed by atoms with Crippen LogP contribution in [-0.2, 0) is 33.5 Å². The number of amides is 6. The first-order valence-corrected chi connectivity index (χ1v) is 13.9. The van der Waals surface area contributed by atoms with Crippen LogP contribution in [0.25, 0.3) is 0 Å². The molecule has 3 aliphatic rings. The Morgan fingerprint density at radius 1 is 1.14 bits per heavy atom. The molecule has 0 saturated carbocycles. The van der Waals surface area contributed by atoms with Crippen LogP contribution in [0, 0.1) is 5.21 Å². The number of phenols is 1. The van der Waals surface area contributed by atoms with Gasteiger partial charge >= 0.3 is 29.8 Å². The molecule has 6 amide bonds. The van der Waals surface area contributed by atoms with Crippen LogP contribution in [0.5, 0.6) is 5.75 Å². The fraction of sp³-hybridized carbons (Fsp3) is 0.400. The second kappa shape index (κ2) is 12.3. The van der Waals surface area contributed by atoms with Crippen molar-refractivity contribution in [3.63, 3.8) is 0 Å². The molecule has 0 aromatic heterocycles. The zero-order valence-corrected chi connectivity index (χ0v) is 23.6. The topological polar surface area (TPSA) is 238 Å². The van der Waals surface area contributed by atoms with Gasteiger partial charge in [-0.15, -0.1) is 11.8 Å². The largest absolute Gasteiger partial charge is 0.786 e. The van der Waals surface area contributed by atoms with E-state index in [0.29, 0.717) is 4.90 Å². The third kappa shape index (κ3) is 5.71. The second-order valence-electron chi connectivity index (χ2n) is 9.59. The number of ether oxygens (including phenoxy) is 1. The number of fused-ring (bicyclic) bond motifs is 1. The lowest BCUT2D eigenvalue weighted by Crippen LogP contribution is -2.85. The van der Waals surface area contributed by atoms with Gasteiger partial charge in [0.1, 0.15) is 29.5 Å². The van der Waals surface area contributed by atoms with Gasteiger partial charge in [-0.1, -0.05) is 12.1 Å². The minimum absolute atomic E-state index is 0.0654. The van der Waals surface area contributed by atoms with Crippen molar-refractivity contribution in [1.82, 2.24) is 30.8 Å². The van der Waals surface area contributed by atoms with E-state index in [9.17, 15) is 49.0 Å². The molecule has 0 radical (unpaired) electrons. The van der Waals surface area contributed by atoms with Gasteiger partial charge in [0.2, 0.25) is 5.91 Å². The summed E-state index contributed by atoms with van der Waals surface area (Å²) in [4.78, 5) is 90.8. The molecular formula is C25H27N6O11S-. The average Bonchev–Trinajstić information content (AvgIpc) is 2.98. The molecule has 3 aliphatic heterocycles. The standard InChI is InChI=1S/C25H27N6O11S/c1-3-29-8-9-30(20(36)19(29)35)24(40)26-16(13-4-6-15(33)7-5-13)18(34)27-25(28-41)22(39)31-17(21(37)38)14(10-42-12(2)32)11-43-23(25)31/h4-7,16,23,28,33H,3,8-11H2,1-2H3,(H,26,40)(H,27,34)(H,37,38)/q-1/t16?,23-,25-/m0/s1. The highest BCUT2D eigenvalue weighted by atomic mass is 32.2. The number of piperazine rings is 1. The maximum Gasteiger partial charge on any atom is 0.352 e. The molecule has 230 valence electrons. The number of carbonyl (C=O) groups is 7. The first-order chi connectivity index (χ1) is 20.4. The van der Waals surface area contributed by atoms with Crippen LogP contribution in [0.4, 0.5) is 4.79 Å². The van der Waals surface area contributed by atoms with E-state index >= 15 is 0 Å². The fourth-order valence-electron chi connectivity index (χ4n) is 4.76. The minimum atomic E-state index is -2.35. The first-order valence-electron chi connectivity index (χ1n) is 12.8. The molecule has 0 bridgehead atoms. The number of urea groups is 1. The van der Waals surface area contributed by atoms with Crippen LogP contribution >= 0.6 is 11.8 Å². The van der Waals surface area contributed by atoms with Crippen molar-refractivity contribution in [3.05, 3.63) is 46.3 Å². The minimum Gasteiger partial charge on any atom is -0.786 e. The maximum absolute atomic E-state index is 13.6. The summed E-state index contributed by atoms with van der Waals surface area (Å²) >= 11 is 0.920. The lowest BCUT2D eigenvalue weighted by molar-refractivity contribution is -0.161. The summed E-state index contributed by atoms with van der Waals surface area (Å²) in [6, 6.07) is 2.22. The van der Waals surface area contributed by atoms with Gasteiger partial charge < -0.3 is 41.2 Å². The van der Waals surface area contributed by atoms with Gasteiger partial charge in [-0.25, -0.2) is 9.59 Å². The molecule has 2 fully saturated rings. The molecular weight excluding hydrogens is 592 g/mol. The Morgan fingerprint density at radius 2 is 1.81 bits per heavy atom. The number of hydroxylamine groups is 1. The highest BCUT2D eigenvalue weighted by Crippen LogP contribution is 2.45. The smallest absolute Gasteiger partial charge is 0.352 e. The van der Waals surface area contributed by atoms with Crippen LogP contribution in [-0.4, -0.2) is 110 Å². The zero-order valence-electron chi connectivity index (χ0n) is 22.8. The zero-order chi connectivity index (χ0) is 31.6. The molecule has 1 aromatic rings. The monoisotopic (exact) mass is 619 g/mol. The number of rotatable bonds is 9. The Bertz CT molecular complexity index is 1420. The summed E-state index contributed by atoms with van der Waals surface area (Å²) in [5.74, 6) is -6.70. The van der Waals surface area contributed by atoms with Crippen LogP contribution < -0.4 is 16.1 Å². The van der Waals surface area contributed by atoms with Crippen molar-refractivity contribution in [2.24, 2.45) is 0 Å². The van der Waals surface area contributed by atoms with E-state index in [1.165, 1.54) is 34.6 Å². The Balaban J connectivity index is 1.60. The summed E-state index contributed by atoms with van der Waals surface area (Å²) in [7, 11) is 0. The third-order valence-corrected chi connectivity index (χ3v) is 8.37. The van der Waals surface area contributed by atoms with Gasteiger partial charge in [0.05, 0.1) is 0 Å². The number of esters is 1. The van der Waals surface area contributed by atoms with Crippen LogP contribution in [0.3, 0.4) is 0 Å². The molecule has 17 nitrogen and oxygen atoms in total. The van der Waals surface area contributed by atoms with E-state index < -0.39 is 71.0 Å². The van der Waals surface area contributed by atoms with Crippen molar-refractivity contribution in [1.29, 1.82) is 0 Å². The molecule has 3 atom stereocenters. The number of carbonyl (C=O) groups excluding carboxylic acids is 6. The van der Waals surface area contributed by atoms with Crippen LogP contribution in [0.15, 0.2) is 35.5 Å². The van der Waals surface area contributed by atoms with Gasteiger partial charge in [-0.2, -0.15) is 0 Å². The predicted molar refractivity (Wildman–Crippen MR) is 145 cm³/mol. The Kier molecular flexibility index (Phi) is 8.93. The number of thioether (sulfide) groups is 1. The number of carboxylic acids is 1. The van der Waals surface area contributed by atoms with E-state index in [-0.39, 0.29) is 42.3 Å². The number of imide groups is 1. The van der Waals surface area contributed by atoms with Crippen LogP contribution in [0.2, 0.25) is 0 Å². The van der Waals surface area contributed by atoms with Crippen molar-refractivity contribution in [2.45, 2.75) is 30.9 Å². The van der Waals surface area contributed by atoms with Crippen molar-refractivity contribution in [3.8, 4) is 5.75 Å². The molecule has 2 saturated heterocycles. The number of benzene rings is 1. The number of aromatic hydroxyl groups is 1. The average molecular weight is 620 g/mol. The summed E-state index contributed by atoms with van der Waals surface area (Å²) < 4.78 is 4.88. The third-order valence-electron chi connectivity index (χ3n) is 6.98. The number of carboxylic acid groups (broad SMARTS) is 1. The highest BCUT2D eigenvalue weighted by molar-refractivity contribution is 8.00. The predicted octanol–water partition coefficient (Wildman–Crippen LogP) is -1.45. The lowest BCUT2D eigenvalue weighted by atomic mass is 9.94. The maximum atomic E-state index is 13.6. The van der Waals surface area contributed by atoms with E-state index in [4.69, 9.17) is 4.74 Å². The molecule has 1 aromatic carbocycles. The molecule has 0 spiro atoms. The van der Waals surface area contributed by atoms with Gasteiger partial charge in [-0.05, 0) is 24.6 Å². The number of nitrogens with zero attached hydrogens (tertiary/aromatic N) is 3. The summed E-state index contributed by atoms with van der Waals surface area (Å²) in [6.45, 7) is 2.53. The number of hydrogen-bond acceptors (Lipinski definition) is 12. The highest BCUT2D eigenvalue weighted by Gasteiger charge is 2.64. The molecule has 0 aliphatic carbocycles. The van der Waals surface area contributed by atoms with E-state index in [2.05, 4.69) is 10.6 Å². The van der Waals surface area contributed by atoms with Crippen LogP contribution in [0.1, 0.15) is 25.5 Å². The summed E-state index contributed by atoms with van der Waals surface area (Å²) in [5.41, 5.74) is -1.18. The molecule has 4 rings (SSSR count). The second-order valence-corrected chi connectivity index (χ2v) is 10.7. The number of β-lactam (4-membered cyclic amide) rings is 1. The SMILES string of the molecule is CCN1CCN(C(=O)NC(C(=O)N[C@]2(N[O-])C(=O)N3C(C(=O)O)=C(COC(C)=O)CS[C@H]32)c2ccc(O)cc2)C(=O)C1=O. The Morgan fingerprint density at radius 3 is 2.40 bits per heavy atom. The van der Waals surface area contributed by atoms with Gasteiger partial charge in [-0.3, -0.25) is 33.8 Å². The van der Waals surface area contributed by atoms with E-state index in [1.54, 1.807) is 6.92 Å². The molecule has 18 heteroatoms. The van der Waals surface area contributed by atoms with Gasteiger partial charge in [0.15, 0.2) is 5.66 Å². The summed E-state index contributed by atoms with van der Waals surface area (Å²) in [6.07, 6.45) is 0. The molecule has 3 heterocycles. The number of nitrogens with one attached hydrogen (secondary N) is 3.